The minimum absolute atomic E-state index is 1.09. The van der Waals surface area contributed by atoms with Crippen molar-refractivity contribution in [3.8, 4) is 34.5 Å². The summed E-state index contributed by atoms with van der Waals surface area (Å²) < 4.78 is 53.3. The lowest BCUT2D eigenvalue weighted by Gasteiger charge is -2.06. The number of phenols is 6. The Kier molecular flexibility index (Phi) is 27.1. The molecule has 24 N–H and O–H groups in total. The first kappa shape index (κ1) is 53.3. The smallest absolute Gasteiger partial charge is 0.466 e. The quantitative estimate of drug-likeness (QED) is 0.0665. The highest BCUT2D eigenvalue weighted by Gasteiger charge is 2.22. The summed E-state index contributed by atoms with van der Waals surface area (Å²) in [4.78, 5) is 129. The van der Waals surface area contributed by atoms with Crippen molar-refractivity contribution in [1.29, 1.82) is 0 Å². The molecule has 36 heteroatoms. The fourth-order valence-electron chi connectivity index (χ4n) is 0.673. The Balaban J connectivity index is -0.0000000944. The average Bonchev–Trinajstić information content (AvgIpc) is 2.55. The van der Waals surface area contributed by atoms with Crippen molar-refractivity contribution < 1.29 is 146 Å². The number of hydrogen-bond donors (Lipinski definition) is 24. The number of hydrogen-bond acceptors (Lipinski definition) is 12. The second-order valence-electron chi connectivity index (χ2n) is 5.17. The number of rotatable bonds is 0. The van der Waals surface area contributed by atoms with Gasteiger partial charge in [-0.25, -0.2) is 27.4 Å². The lowest BCUT2D eigenvalue weighted by Crippen LogP contribution is -1.77. The maximum absolute atomic E-state index is 8.88. The summed E-state index contributed by atoms with van der Waals surface area (Å²) in [5.41, 5.74) is 0. The molecule has 42 heavy (non-hydrogen) atoms. The molecule has 1 aromatic carbocycles. The van der Waals surface area contributed by atoms with E-state index >= 15 is 0 Å². The number of phosphoric acid groups is 6. The van der Waals surface area contributed by atoms with Crippen LogP contribution < -0.4 is 0 Å². The molecular formula is C6H24O30P6. The van der Waals surface area contributed by atoms with Gasteiger partial charge in [0.15, 0.2) is 0 Å². The van der Waals surface area contributed by atoms with E-state index in [0.29, 0.717) is 0 Å². The monoisotopic (exact) mass is 762 g/mol. The first-order chi connectivity index (χ1) is 17.5. The fraction of sp³-hybridized carbons (Fsp3) is 0. The van der Waals surface area contributed by atoms with Gasteiger partial charge in [-0.15, -0.1) is 0 Å². The molecule has 0 unspecified atom stereocenters. The van der Waals surface area contributed by atoms with Crippen LogP contribution in [-0.2, 0) is 27.4 Å². The van der Waals surface area contributed by atoms with Crippen molar-refractivity contribution in [2.24, 2.45) is 0 Å². The molecule has 0 saturated carbocycles. The van der Waals surface area contributed by atoms with Crippen LogP contribution in [0.2, 0.25) is 0 Å². The largest absolute Gasteiger partial charge is 0.502 e. The van der Waals surface area contributed by atoms with E-state index in [1.807, 2.05) is 0 Å². The minimum Gasteiger partial charge on any atom is -0.502 e. The van der Waals surface area contributed by atoms with Gasteiger partial charge in [-0.05, 0) is 0 Å². The van der Waals surface area contributed by atoms with Crippen LogP contribution in [-0.4, -0.2) is 119 Å². The summed E-state index contributed by atoms with van der Waals surface area (Å²) in [6.45, 7) is 0. The number of benzene rings is 1. The van der Waals surface area contributed by atoms with Gasteiger partial charge in [-0.3, -0.25) is 0 Å². The molecule has 0 saturated heterocycles. The van der Waals surface area contributed by atoms with Gasteiger partial charge < -0.3 is 119 Å². The molecule has 0 radical (unpaired) electrons. The summed E-state index contributed by atoms with van der Waals surface area (Å²) in [5.74, 6) is -6.57. The van der Waals surface area contributed by atoms with Gasteiger partial charge in [0.05, 0.1) is 0 Å². The van der Waals surface area contributed by atoms with E-state index < -0.39 is 81.4 Å². The second-order valence-corrected chi connectivity index (χ2v) is 11.3. The maximum Gasteiger partial charge on any atom is 0.466 e. The van der Waals surface area contributed by atoms with Gasteiger partial charge in [0.2, 0.25) is 34.5 Å². The molecule has 0 fully saturated rings. The average molecular weight is 762 g/mol. The van der Waals surface area contributed by atoms with E-state index in [9.17, 15) is 0 Å². The van der Waals surface area contributed by atoms with Gasteiger partial charge in [0.25, 0.3) is 0 Å². The van der Waals surface area contributed by atoms with Crippen molar-refractivity contribution in [2.45, 2.75) is 0 Å². The molecule has 0 aliphatic rings. The van der Waals surface area contributed by atoms with Gasteiger partial charge >= 0.3 is 46.9 Å². The van der Waals surface area contributed by atoms with E-state index in [1.165, 1.54) is 0 Å². The topological polar surface area (TPSA) is 588 Å². The van der Waals surface area contributed by atoms with Crippen LogP contribution in [0.25, 0.3) is 0 Å². The third-order valence-electron chi connectivity index (χ3n) is 1.35. The zero-order valence-corrected chi connectivity index (χ0v) is 24.2. The van der Waals surface area contributed by atoms with Crippen LogP contribution in [0, 0.1) is 0 Å². The highest BCUT2D eigenvalue weighted by Crippen LogP contribution is 2.54. The van der Waals surface area contributed by atoms with Crippen LogP contribution in [0.5, 0.6) is 34.5 Å². The molecule has 0 aliphatic heterocycles. The Labute approximate surface area is 228 Å². The zero-order valence-electron chi connectivity index (χ0n) is 18.9. The van der Waals surface area contributed by atoms with Crippen LogP contribution in [0.1, 0.15) is 0 Å². The zero-order chi connectivity index (χ0) is 36.5. The molecule has 258 valence electrons. The molecule has 0 aliphatic carbocycles. The lowest BCUT2D eigenvalue weighted by molar-refractivity contribution is 0.272. The summed E-state index contributed by atoms with van der Waals surface area (Å²) in [6.07, 6.45) is 0. The Hall–Kier alpha value is -1.32. The predicted molar refractivity (Wildman–Crippen MR) is 122 cm³/mol. The molecular weight excluding hydrogens is 738 g/mol. The Bertz CT molecular complexity index is 871. The fourth-order valence-corrected chi connectivity index (χ4v) is 0.673. The van der Waals surface area contributed by atoms with E-state index in [-0.39, 0.29) is 0 Å². The SMILES string of the molecule is O=P(O)(O)O.O=P(O)(O)O.O=P(O)(O)O.O=P(O)(O)O.O=P(O)(O)O.O=P(O)(O)O.Oc1c(O)c(O)c(O)c(O)c1O. The predicted octanol–water partition coefficient (Wildman–Crippen LogP) is -5.65. The van der Waals surface area contributed by atoms with Crippen LogP contribution >= 0.6 is 46.9 Å². The third kappa shape index (κ3) is 107. The highest BCUT2D eigenvalue weighted by atomic mass is 31.2. The van der Waals surface area contributed by atoms with Crippen molar-refractivity contribution in [3.05, 3.63) is 0 Å². The minimum atomic E-state index is -4.64. The van der Waals surface area contributed by atoms with Gasteiger partial charge in [-0.1, -0.05) is 0 Å². The third-order valence-corrected chi connectivity index (χ3v) is 1.35. The van der Waals surface area contributed by atoms with Gasteiger partial charge in [0.1, 0.15) is 0 Å². The first-order valence-electron chi connectivity index (χ1n) is 7.54. The maximum atomic E-state index is 8.88. The standard InChI is InChI=1S/C6H6O6.6H3O4P/c7-1-2(8)4(10)6(12)5(11)3(1)9;6*1-5(2,3)4/h7-12H;6*(H3,1,2,3,4). The molecule has 30 nitrogen and oxygen atoms in total. The Morgan fingerprint density at radius 1 is 0.214 bits per heavy atom. The normalized spacial score (nSPS) is 11.3. The molecule has 0 bridgehead atoms. The molecule has 0 aromatic heterocycles. The Morgan fingerprint density at radius 2 is 0.238 bits per heavy atom. The van der Waals surface area contributed by atoms with Crippen LogP contribution in [0.3, 0.4) is 0 Å². The van der Waals surface area contributed by atoms with Gasteiger partial charge in [0, 0.05) is 0 Å². The molecule has 1 rings (SSSR count). The van der Waals surface area contributed by atoms with Crippen LogP contribution in [0.4, 0.5) is 0 Å². The Morgan fingerprint density at radius 3 is 0.262 bits per heavy atom. The number of aromatic hydroxyl groups is 6. The second kappa shape index (κ2) is 21.4. The van der Waals surface area contributed by atoms with Crippen LogP contribution in [0.15, 0.2) is 0 Å². The summed E-state index contributed by atoms with van der Waals surface area (Å²) in [6, 6.07) is 0. The van der Waals surface area contributed by atoms with Crippen molar-refractivity contribution in [3.63, 3.8) is 0 Å². The van der Waals surface area contributed by atoms with E-state index in [4.69, 9.17) is 146 Å². The first-order valence-corrected chi connectivity index (χ1v) is 16.9. The number of phenolic OH excluding ortho intramolecular Hbond substituents is 6. The van der Waals surface area contributed by atoms with E-state index in [1.54, 1.807) is 0 Å². The molecule has 0 amide bonds. The summed E-state index contributed by atoms with van der Waals surface area (Å²) in [5, 5.41) is 52.6. The van der Waals surface area contributed by atoms with E-state index in [2.05, 4.69) is 0 Å². The van der Waals surface area contributed by atoms with Crippen molar-refractivity contribution in [2.75, 3.05) is 0 Å². The summed E-state index contributed by atoms with van der Waals surface area (Å²) in [7, 11) is -27.8. The van der Waals surface area contributed by atoms with Gasteiger partial charge in [-0.2, -0.15) is 0 Å². The lowest BCUT2D eigenvalue weighted by atomic mass is 10.2. The molecule has 0 heterocycles. The van der Waals surface area contributed by atoms with Crippen molar-refractivity contribution in [1.82, 2.24) is 0 Å². The molecule has 0 spiro atoms. The molecule has 1 aromatic rings. The van der Waals surface area contributed by atoms with Crippen molar-refractivity contribution >= 4 is 46.9 Å². The van der Waals surface area contributed by atoms with E-state index in [0.717, 1.165) is 0 Å². The highest BCUT2D eigenvalue weighted by molar-refractivity contribution is 7.46. The summed E-state index contributed by atoms with van der Waals surface area (Å²) >= 11 is 0. The molecule has 0 atom stereocenters.